The van der Waals surface area contributed by atoms with E-state index in [1.165, 1.54) is 12.1 Å². The molecular weight excluding hydrogens is 455 g/mol. The first-order valence-electron chi connectivity index (χ1n) is 10.3. The van der Waals surface area contributed by atoms with Crippen LogP contribution in [0.4, 0.5) is 10.2 Å². The monoisotopic (exact) mass is 476 g/mol. The van der Waals surface area contributed by atoms with Crippen molar-refractivity contribution in [1.82, 2.24) is 14.7 Å². The standard InChI is InChI=1S/C22H22ClFN4O3S/c23-16-7-5-14(4-3-9-26-32(30)31)21(24)20(16)22(29)15-6-8-17-18(12-15)27-19(13-25-17)28-10-1-2-11-28/h5-8,12-13,26H,1-4,9-11H2,(H,30,31). The predicted octanol–water partition coefficient (Wildman–Crippen LogP) is 3.91. The second kappa shape index (κ2) is 9.99. The van der Waals surface area contributed by atoms with E-state index in [1.807, 2.05) is 0 Å². The molecule has 4 rings (SSSR count). The van der Waals surface area contributed by atoms with Crippen LogP contribution in [0.2, 0.25) is 5.02 Å². The molecule has 1 saturated heterocycles. The Bertz CT molecular complexity index is 1190. The third-order valence-corrected chi connectivity index (χ3v) is 6.23. The molecule has 1 atom stereocenters. The number of fused-ring (bicyclic) bond motifs is 1. The smallest absolute Gasteiger partial charge is 0.231 e. The summed E-state index contributed by atoms with van der Waals surface area (Å²) < 4.78 is 36.9. The van der Waals surface area contributed by atoms with Crippen molar-refractivity contribution in [3.05, 3.63) is 64.1 Å². The normalized spacial score (nSPS) is 14.8. The van der Waals surface area contributed by atoms with Gasteiger partial charge >= 0.3 is 0 Å². The molecular formula is C22H22ClFN4O3S. The average molecular weight is 477 g/mol. The molecule has 168 valence electrons. The molecule has 1 aliphatic heterocycles. The Kier molecular flexibility index (Phi) is 7.10. The zero-order valence-electron chi connectivity index (χ0n) is 17.2. The highest BCUT2D eigenvalue weighted by Gasteiger charge is 2.22. The summed E-state index contributed by atoms with van der Waals surface area (Å²) in [6.07, 6.45) is 4.66. The van der Waals surface area contributed by atoms with E-state index >= 15 is 4.39 Å². The van der Waals surface area contributed by atoms with Crippen LogP contribution in [0.1, 0.15) is 40.7 Å². The van der Waals surface area contributed by atoms with E-state index in [4.69, 9.17) is 16.2 Å². The fraction of sp³-hybridized carbons (Fsp3) is 0.318. The van der Waals surface area contributed by atoms with Crippen molar-refractivity contribution in [1.29, 1.82) is 0 Å². The lowest BCUT2D eigenvalue weighted by Gasteiger charge is -2.16. The summed E-state index contributed by atoms with van der Waals surface area (Å²) in [4.78, 5) is 24.4. The average Bonchev–Trinajstić information content (AvgIpc) is 3.32. The molecule has 0 saturated carbocycles. The number of rotatable bonds is 8. The number of ketones is 1. The highest BCUT2D eigenvalue weighted by atomic mass is 35.5. The molecule has 1 fully saturated rings. The van der Waals surface area contributed by atoms with E-state index in [9.17, 15) is 9.00 Å². The minimum Gasteiger partial charge on any atom is -0.355 e. The van der Waals surface area contributed by atoms with Gasteiger partial charge in [-0.15, -0.1) is 0 Å². The zero-order chi connectivity index (χ0) is 22.7. The van der Waals surface area contributed by atoms with Crippen LogP contribution < -0.4 is 9.62 Å². The van der Waals surface area contributed by atoms with Crippen molar-refractivity contribution in [2.45, 2.75) is 25.7 Å². The van der Waals surface area contributed by atoms with Gasteiger partial charge in [-0.3, -0.25) is 14.3 Å². The number of carbonyl (C=O) groups is 1. The highest BCUT2D eigenvalue weighted by molar-refractivity contribution is 7.77. The van der Waals surface area contributed by atoms with E-state index in [0.29, 0.717) is 23.0 Å². The van der Waals surface area contributed by atoms with Crippen LogP contribution in [0.15, 0.2) is 36.5 Å². The maximum atomic E-state index is 15.2. The summed E-state index contributed by atoms with van der Waals surface area (Å²) >= 11 is 4.08. The molecule has 7 nitrogen and oxygen atoms in total. The maximum absolute atomic E-state index is 15.2. The Hall–Kier alpha value is -2.46. The van der Waals surface area contributed by atoms with Crippen LogP contribution in [0.25, 0.3) is 11.0 Å². The zero-order valence-corrected chi connectivity index (χ0v) is 18.8. The third-order valence-electron chi connectivity index (χ3n) is 5.47. The minimum atomic E-state index is -2.12. The molecule has 32 heavy (non-hydrogen) atoms. The van der Waals surface area contributed by atoms with Gasteiger partial charge in [0.1, 0.15) is 11.6 Å². The van der Waals surface area contributed by atoms with E-state index < -0.39 is 22.9 Å². The molecule has 2 heterocycles. The Morgan fingerprint density at radius 1 is 1.22 bits per heavy atom. The fourth-order valence-corrected chi connectivity index (χ4v) is 4.37. The summed E-state index contributed by atoms with van der Waals surface area (Å²) in [5, 5.41) is 0.0304. The van der Waals surface area contributed by atoms with Gasteiger partial charge in [-0.2, -0.15) is 0 Å². The van der Waals surface area contributed by atoms with Gasteiger partial charge in [0.05, 0.1) is 27.8 Å². The molecule has 1 unspecified atom stereocenters. The van der Waals surface area contributed by atoms with Crippen molar-refractivity contribution in [3.63, 3.8) is 0 Å². The Labute approximate surface area is 192 Å². The Morgan fingerprint density at radius 3 is 2.75 bits per heavy atom. The van der Waals surface area contributed by atoms with E-state index in [0.717, 1.165) is 31.7 Å². The molecule has 1 aliphatic rings. The number of nitrogens with zero attached hydrogens (tertiary/aromatic N) is 3. The second-order valence-electron chi connectivity index (χ2n) is 7.60. The number of nitrogens with one attached hydrogen (secondary N) is 1. The van der Waals surface area contributed by atoms with Gasteiger partial charge in [0.2, 0.25) is 11.3 Å². The lowest BCUT2D eigenvalue weighted by molar-refractivity contribution is 0.103. The minimum absolute atomic E-state index is 0.0304. The van der Waals surface area contributed by atoms with Gasteiger partial charge in [-0.25, -0.2) is 18.3 Å². The van der Waals surface area contributed by atoms with E-state index in [-0.39, 0.29) is 29.1 Å². The summed E-state index contributed by atoms with van der Waals surface area (Å²) in [5.74, 6) is -0.438. The summed E-state index contributed by atoms with van der Waals surface area (Å²) in [5.41, 5.74) is 1.63. The van der Waals surface area contributed by atoms with E-state index in [1.54, 1.807) is 24.4 Å². The van der Waals surface area contributed by atoms with Gasteiger partial charge in [0.15, 0.2) is 5.78 Å². The third kappa shape index (κ3) is 4.96. The topological polar surface area (TPSA) is 95.4 Å². The maximum Gasteiger partial charge on any atom is 0.231 e. The molecule has 0 spiro atoms. The van der Waals surface area contributed by atoms with Gasteiger partial charge in [-0.1, -0.05) is 17.7 Å². The summed E-state index contributed by atoms with van der Waals surface area (Å²) in [6, 6.07) is 7.93. The number of aryl methyl sites for hydroxylation is 1. The van der Waals surface area contributed by atoms with Crippen LogP contribution in [-0.2, 0) is 17.7 Å². The molecule has 0 bridgehead atoms. The second-order valence-corrected chi connectivity index (χ2v) is 8.79. The first-order valence-corrected chi connectivity index (χ1v) is 11.8. The van der Waals surface area contributed by atoms with Gasteiger partial charge in [-0.05, 0) is 55.5 Å². The van der Waals surface area contributed by atoms with Crippen LogP contribution >= 0.6 is 11.6 Å². The summed E-state index contributed by atoms with van der Waals surface area (Å²) in [6.45, 7) is 2.09. The number of hydrogen-bond donors (Lipinski definition) is 2. The quantitative estimate of drug-likeness (QED) is 0.291. The van der Waals surface area contributed by atoms with Crippen molar-refractivity contribution < 1.29 is 17.9 Å². The van der Waals surface area contributed by atoms with Crippen LogP contribution in [0, 0.1) is 5.82 Å². The predicted molar refractivity (Wildman–Crippen MR) is 123 cm³/mol. The first-order chi connectivity index (χ1) is 15.4. The number of aromatic nitrogens is 2. The lowest BCUT2D eigenvalue weighted by atomic mass is 9.98. The highest BCUT2D eigenvalue weighted by Crippen LogP contribution is 2.27. The van der Waals surface area contributed by atoms with Crippen molar-refractivity contribution >= 4 is 45.5 Å². The SMILES string of the molecule is O=C(c1ccc2ncc(N3CCCC3)nc2c1)c1c(Cl)ccc(CCCNS(=O)O)c1F. The fourth-order valence-electron chi connectivity index (χ4n) is 3.82. The van der Waals surface area contributed by atoms with Crippen LogP contribution in [0.5, 0.6) is 0 Å². The molecule has 0 radical (unpaired) electrons. The van der Waals surface area contributed by atoms with Crippen molar-refractivity contribution in [2.24, 2.45) is 0 Å². The molecule has 10 heteroatoms. The van der Waals surface area contributed by atoms with Gasteiger partial charge in [0, 0.05) is 25.2 Å². The number of halogens is 2. The van der Waals surface area contributed by atoms with Crippen molar-refractivity contribution in [3.8, 4) is 0 Å². The molecule has 1 aromatic heterocycles. The number of hydrogen-bond acceptors (Lipinski definition) is 5. The van der Waals surface area contributed by atoms with Crippen LogP contribution in [-0.4, -0.2) is 44.1 Å². The molecule has 3 aromatic rings. The molecule has 0 amide bonds. The molecule has 2 aromatic carbocycles. The molecule has 2 N–H and O–H groups in total. The Balaban J connectivity index is 1.61. The number of benzene rings is 2. The van der Waals surface area contributed by atoms with E-state index in [2.05, 4.69) is 19.6 Å². The van der Waals surface area contributed by atoms with Gasteiger partial charge < -0.3 is 4.90 Å². The summed E-state index contributed by atoms with van der Waals surface area (Å²) in [7, 11) is 0. The largest absolute Gasteiger partial charge is 0.355 e. The number of anilines is 1. The van der Waals surface area contributed by atoms with Gasteiger partial charge in [0.25, 0.3) is 0 Å². The lowest BCUT2D eigenvalue weighted by Crippen LogP contribution is -2.19. The van der Waals surface area contributed by atoms with Crippen molar-refractivity contribution in [2.75, 3.05) is 24.5 Å². The first kappa shape index (κ1) is 22.7. The molecule has 0 aliphatic carbocycles. The Morgan fingerprint density at radius 2 is 2.00 bits per heavy atom. The number of carbonyl (C=O) groups excluding carboxylic acids is 1. The van der Waals surface area contributed by atoms with Crippen LogP contribution in [0.3, 0.4) is 0 Å².